The van der Waals surface area contributed by atoms with Gasteiger partial charge >= 0.3 is 11.7 Å². The zero-order chi connectivity index (χ0) is 17.0. The third-order valence-electron chi connectivity index (χ3n) is 2.86. The van der Waals surface area contributed by atoms with E-state index in [1.54, 1.807) is 0 Å². The van der Waals surface area contributed by atoms with Crippen LogP contribution < -0.4 is 4.74 Å². The van der Waals surface area contributed by atoms with Gasteiger partial charge in [0.05, 0.1) is 30.5 Å². The molecule has 0 fully saturated rings. The van der Waals surface area contributed by atoms with Crippen molar-refractivity contribution in [1.82, 2.24) is 0 Å². The second-order valence-corrected chi connectivity index (χ2v) is 4.18. The minimum Gasteiger partial charge on any atom is -0.490 e. The number of aryl methyl sites for hydroxylation is 1. The summed E-state index contributed by atoms with van der Waals surface area (Å²) in [5.41, 5.74) is -1.70. The van der Waals surface area contributed by atoms with Crippen LogP contribution in [-0.2, 0) is 20.7 Å². The summed E-state index contributed by atoms with van der Waals surface area (Å²) in [7, 11) is 2.12. The molecule has 0 aliphatic rings. The van der Waals surface area contributed by atoms with Gasteiger partial charge in [0.15, 0.2) is 0 Å². The molecule has 0 amide bonds. The fourth-order valence-electron chi connectivity index (χ4n) is 1.94. The Morgan fingerprint density at radius 1 is 1.18 bits per heavy atom. The summed E-state index contributed by atoms with van der Waals surface area (Å²) >= 11 is 0. The molecule has 0 bridgehead atoms. The van der Waals surface area contributed by atoms with E-state index in [0.717, 1.165) is 20.3 Å². The number of nitrogens with zero attached hydrogens (tertiary/aromatic N) is 2. The number of hydrogen-bond acceptors (Lipinski definition) is 8. The van der Waals surface area contributed by atoms with Crippen molar-refractivity contribution >= 4 is 23.1 Å². The summed E-state index contributed by atoms with van der Waals surface area (Å²) in [5.74, 6) is -2.59. The lowest BCUT2D eigenvalue weighted by Gasteiger charge is -2.10. The van der Waals surface area contributed by atoms with Gasteiger partial charge in [-0.15, -0.1) is 0 Å². The van der Waals surface area contributed by atoms with Gasteiger partial charge in [0.2, 0.25) is 11.5 Å². The summed E-state index contributed by atoms with van der Waals surface area (Å²) < 4.78 is 9.10. The van der Waals surface area contributed by atoms with Crippen LogP contribution >= 0.6 is 0 Å². The van der Waals surface area contributed by atoms with Crippen molar-refractivity contribution < 1.29 is 28.9 Å². The highest BCUT2D eigenvalue weighted by Crippen LogP contribution is 2.40. The molecule has 0 aliphatic heterocycles. The van der Waals surface area contributed by atoms with Crippen molar-refractivity contribution in [2.75, 3.05) is 14.2 Å². The highest BCUT2D eigenvalue weighted by molar-refractivity contribution is 6.34. The molecule has 10 nitrogen and oxygen atoms in total. The lowest BCUT2D eigenvalue weighted by Crippen LogP contribution is -2.19. The number of rotatable bonds is 6. The number of ketones is 1. The van der Waals surface area contributed by atoms with E-state index in [1.807, 2.05) is 0 Å². The van der Waals surface area contributed by atoms with Gasteiger partial charge in [0.25, 0.3) is 5.69 Å². The highest BCUT2D eigenvalue weighted by atomic mass is 16.6. The van der Waals surface area contributed by atoms with E-state index in [-0.39, 0.29) is 11.3 Å². The van der Waals surface area contributed by atoms with E-state index < -0.39 is 45.0 Å². The van der Waals surface area contributed by atoms with Crippen molar-refractivity contribution in [3.63, 3.8) is 0 Å². The van der Waals surface area contributed by atoms with E-state index in [0.29, 0.717) is 0 Å². The third kappa shape index (κ3) is 3.16. The van der Waals surface area contributed by atoms with Gasteiger partial charge in [-0.1, -0.05) is 0 Å². The van der Waals surface area contributed by atoms with Gasteiger partial charge in [-0.25, -0.2) is 4.79 Å². The number of carbonyl (C=O) groups excluding carboxylic acids is 2. The number of nitro groups is 2. The molecule has 0 saturated heterocycles. The van der Waals surface area contributed by atoms with E-state index in [2.05, 4.69) is 4.74 Å². The minimum atomic E-state index is -1.25. The molecular formula is C12H12N2O8. The monoisotopic (exact) mass is 312 g/mol. The normalized spacial score (nSPS) is 9.95. The predicted molar refractivity (Wildman–Crippen MR) is 71.8 cm³/mol. The van der Waals surface area contributed by atoms with Crippen molar-refractivity contribution in [2.45, 2.75) is 13.3 Å². The SMILES string of the molecule is COC(=O)C(=O)Cc1c([N+](=O)[O-])cc(C)c(OC)c1[N+](=O)[O-]. The smallest absolute Gasteiger partial charge is 0.374 e. The molecule has 10 heteroatoms. The first kappa shape index (κ1) is 17.0. The van der Waals surface area contributed by atoms with Crippen LogP contribution in [0, 0.1) is 27.2 Å². The van der Waals surface area contributed by atoms with Gasteiger partial charge in [-0.3, -0.25) is 25.0 Å². The number of nitro benzene ring substituents is 2. The van der Waals surface area contributed by atoms with Gasteiger partial charge < -0.3 is 9.47 Å². The van der Waals surface area contributed by atoms with E-state index in [4.69, 9.17) is 4.74 Å². The first-order valence-corrected chi connectivity index (χ1v) is 5.84. The maximum absolute atomic E-state index is 11.6. The van der Waals surface area contributed by atoms with Crippen LogP contribution in [0.5, 0.6) is 5.75 Å². The first-order chi connectivity index (χ1) is 10.2. The first-order valence-electron chi connectivity index (χ1n) is 5.84. The van der Waals surface area contributed by atoms with Crippen LogP contribution in [0.3, 0.4) is 0 Å². The molecule has 0 radical (unpaired) electrons. The molecule has 22 heavy (non-hydrogen) atoms. The third-order valence-corrected chi connectivity index (χ3v) is 2.86. The van der Waals surface area contributed by atoms with Gasteiger partial charge in [0.1, 0.15) is 5.56 Å². The molecule has 1 rings (SSSR count). The van der Waals surface area contributed by atoms with Gasteiger partial charge in [-0.2, -0.15) is 0 Å². The maximum atomic E-state index is 11.6. The van der Waals surface area contributed by atoms with E-state index in [1.165, 1.54) is 6.92 Å². The second kappa shape index (κ2) is 6.61. The van der Waals surface area contributed by atoms with Crippen LogP contribution in [0.1, 0.15) is 11.1 Å². The predicted octanol–water partition coefficient (Wildman–Crippen LogP) is 1.10. The molecular weight excluding hydrogens is 300 g/mol. The van der Waals surface area contributed by atoms with Crippen LogP contribution in [0.2, 0.25) is 0 Å². The Morgan fingerprint density at radius 2 is 1.77 bits per heavy atom. The Hall–Kier alpha value is -3.04. The number of hydrogen-bond donors (Lipinski definition) is 0. The number of benzene rings is 1. The van der Waals surface area contributed by atoms with Crippen LogP contribution in [0.25, 0.3) is 0 Å². The number of methoxy groups -OCH3 is 2. The molecule has 1 aromatic rings. The Labute approximate surface area is 123 Å². The molecule has 1 aromatic carbocycles. The fraction of sp³-hybridized carbons (Fsp3) is 0.333. The number of carbonyl (C=O) groups is 2. The Kier molecular flexibility index (Phi) is 5.11. The summed E-state index contributed by atoms with van der Waals surface area (Å²) in [4.78, 5) is 43.3. The minimum absolute atomic E-state index is 0.162. The largest absolute Gasteiger partial charge is 0.490 e. The zero-order valence-corrected chi connectivity index (χ0v) is 11.9. The van der Waals surface area contributed by atoms with Crippen molar-refractivity contribution in [1.29, 1.82) is 0 Å². The molecule has 0 unspecified atom stereocenters. The highest BCUT2D eigenvalue weighted by Gasteiger charge is 2.34. The van der Waals surface area contributed by atoms with Crippen LogP contribution in [0.15, 0.2) is 6.07 Å². The molecule has 0 spiro atoms. The van der Waals surface area contributed by atoms with Crippen LogP contribution in [-0.4, -0.2) is 35.8 Å². The summed E-state index contributed by atoms with van der Waals surface area (Å²) in [6.45, 7) is 1.39. The molecule has 0 aliphatic carbocycles. The Bertz CT molecular complexity index is 668. The number of ether oxygens (including phenoxy) is 2. The molecule has 0 N–H and O–H groups in total. The quantitative estimate of drug-likeness (QED) is 0.329. The summed E-state index contributed by atoms with van der Waals surface area (Å²) in [6.07, 6.45) is -0.837. The van der Waals surface area contributed by atoms with Crippen molar-refractivity contribution in [3.8, 4) is 5.75 Å². The molecule has 118 valence electrons. The fourth-order valence-corrected chi connectivity index (χ4v) is 1.94. The van der Waals surface area contributed by atoms with Crippen LogP contribution in [0.4, 0.5) is 11.4 Å². The number of Topliss-reactive ketones (excluding diaryl/α,β-unsaturated/α-hetero) is 1. The van der Waals surface area contributed by atoms with Crippen molar-refractivity contribution in [3.05, 3.63) is 37.4 Å². The van der Waals surface area contributed by atoms with E-state index >= 15 is 0 Å². The molecule has 0 aromatic heterocycles. The average molecular weight is 312 g/mol. The van der Waals surface area contributed by atoms with Gasteiger partial charge in [-0.05, 0) is 6.92 Å². The summed E-state index contributed by atoms with van der Waals surface area (Å²) in [6, 6.07) is 1.05. The zero-order valence-electron chi connectivity index (χ0n) is 11.9. The number of esters is 1. The second-order valence-electron chi connectivity index (χ2n) is 4.18. The lowest BCUT2D eigenvalue weighted by molar-refractivity contribution is -0.396. The molecule has 0 saturated carbocycles. The maximum Gasteiger partial charge on any atom is 0.374 e. The Balaban J connectivity index is 3.63. The van der Waals surface area contributed by atoms with Gasteiger partial charge in [0, 0.05) is 11.6 Å². The summed E-state index contributed by atoms with van der Waals surface area (Å²) in [5, 5.41) is 22.3. The average Bonchev–Trinajstić information content (AvgIpc) is 2.46. The molecule has 0 atom stereocenters. The van der Waals surface area contributed by atoms with E-state index in [9.17, 15) is 29.8 Å². The van der Waals surface area contributed by atoms with Crippen molar-refractivity contribution in [2.24, 2.45) is 0 Å². The topological polar surface area (TPSA) is 139 Å². The molecule has 0 heterocycles. The standard InChI is InChI=1S/C12H12N2O8/c1-6-4-8(13(17)18)7(5-9(15)12(16)22-3)10(14(19)20)11(6)21-2/h4H,5H2,1-3H3. The Morgan fingerprint density at radius 3 is 2.18 bits per heavy atom. The lowest BCUT2D eigenvalue weighted by atomic mass is 10.0.